The zero-order valence-corrected chi connectivity index (χ0v) is 12.1. The molecule has 0 aliphatic heterocycles. The van der Waals surface area contributed by atoms with Gasteiger partial charge in [0.1, 0.15) is 0 Å². The third-order valence-electron chi connectivity index (χ3n) is 3.04. The number of imidazole rings is 1. The van der Waals surface area contributed by atoms with Gasteiger partial charge in [-0.05, 0) is 19.1 Å². The van der Waals surface area contributed by atoms with Crippen LogP contribution in [-0.4, -0.2) is 19.3 Å². The highest BCUT2D eigenvalue weighted by Gasteiger charge is 2.05. The van der Waals surface area contributed by atoms with E-state index in [1.807, 2.05) is 53.6 Å². The Bertz CT molecular complexity index is 672. The van der Waals surface area contributed by atoms with E-state index >= 15 is 0 Å². The van der Waals surface area contributed by atoms with Crippen LogP contribution in [0.25, 0.3) is 5.69 Å². The summed E-state index contributed by atoms with van der Waals surface area (Å²) in [5.74, 6) is 0.879. The molecule has 0 saturated carbocycles. The Balaban J connectivity index is 1.69. The van der Waals surface area contributed by atoms with Gasteiger partial charge in [-0.25, -0.2) is 9.67 Å². The van der Waals surface area contributed by atoms with Crippen LogP contribution in [0.1, 0.15) is 12.5 Å². The molecule has 1 aromatic carbocycles. The Morgan fingerprint density at radius 3 is 2.85 bits per heavy atom. The summed E-state index contributed by atoms with van der Waals surface area (Å²) in [4.78, 5) is 4.37. The number of benzene rings is 1. The van der Waals surface area contributed by atoms with Crippen molar-refractivity contribution in [2.45, 2.75) is 24.4 Å². The lowest BCUT2D eigenvalue weighted by atomic mass is 10.3. The summed E-state index contributed by atoms with van der Waals surface area (Å²) in [5.41, 5.74) is 2.28. The molecule has 0 saturated heterocycles. The summed E-state index contributed by atoms with van der Waals surface area (Å²) < 4.78 is 4.05. The number of hydrogen-bond acceptors (Lipinski definition) is 3. The van der Waals surface area contributed by atoms with Crippen molar-refractivity contribution in [3.05, 3.63) is 60.7 Å². The average molecular weight is 284 g/mol. The third-order valence-corrected chi connectivity index (χ3v) is 4.12. The molecule has 0 spiro atoms. The number of nitrogens with zero attached hydrogens (tertiary/aromatic N) is 4. The van der Waals surface area contributed by atoms with Gasteiger partial charge in [-0.15, -0.1) is 0 Å². The lowest BCUT2D eigenvalue weighted by Gasteiger charge is -2.02. The van der Waals surface area contributed by atoms with E-state index < -0.39 is 0 Å². The molecule has 3 aromatic rings. The van der Waals surface area contributed by atoms with Crippen molar-refractivity contribution in [2.75, 3.05) is 0 Å². The molecule has 2 heterocycles. The Labute approximate surface area is 122 Å². The second-order valence-electron chi connectivity index (χ2n) is 4.41. The Kier molecular flexibility index (Phi) is 3.87. The number of aryl methyl sites for hydroxylation is 1. The van der Waals surface area contributed by atoms with Gasteiger partial charge in [0.05, 0.1) is 11.9 Å². The monoisotopic (exact) mass is 284 g/mol. The van der Waals surface area contributed by atoms with Gasteiger partial charge in [0.25, 0.3) is 0 Å². The van der Waals surface area contributed by atoms with Crippen molar-refractivity contribution in [3.8, 4) is 5.69 Å². The third kappa shape index (κ3) is 2.77. The van der Waals surface area contributed by atoms with Crippen LogP contribution in [-0.2, 0) is 12.3 Å². The molecule has 0 N–H and O–H groups in total. The first-order valence-corrected chi connectivity index (χ1v) is 7.58. The maximum Gasteiger partial charge on any atom is 0.168 e. The average Bonchev–Trinajstić information content (AvgIpc) is 3.15. The zero-order valence-electron chi connectivity index (χ0n) is 11.3. The minimum absolute atomic E-state index is 0.879. The molecule has 2 aromatic heterocycles. The molecule has 0 radical (unpaired) electrons. The van der Waals surface area contributed by atoms with Gasteiger partial charge in [0.2, 0.25) is 0 Å². The van der Waals surface area contributed by atoms with Crippen molar-refractivity contribution < 1.29 is 0 Å². The number of hydrogen-bond donors (Lipinski definition) is 0. The standard InChI is InChI=1S/C15H16N4S/c1-2-18-9-8-16-15(18)20-12-13-10-17-19(11-13)14-6-4-3-5-7-14/h3-11H,2,12H2,1H3. The number of thioether (sulfide) groups is 1. The Morgan fingerprint density at radius 2 is 2.05 bits per heavy atom. The highest BCUT2D eigenvalue weighted by molar-refractivity contribution is 7.98. The second-order valence-corrected chi connectivity index (χ2v) is 5.36. The summed E-state index contributed by atoms with van der Waals surface area (Å²) >= 11 is 1.74. The van der Waals surface area contributed by atoms with Gasteiger partial charge in [-0.3, -0.25) is 0 Å². The summed E-state index contributed by atoms with van der Waals surface area (Å²) in [6.45, 7) is 3.07. The van der Waals surface area contributed by atoms with Crippen LogP contribution in [0, 0.1) is 0 Å². The van der Waals surface area contributed by atoms with Crippen LogP contribution in [0.2, 0.25) is 0 Å². The van der Waals surface area contributed by atoms with E-state index in [2.05, 4.69) is 27.8 Å². The minimum atomic E-state index is 0.879. The van der Waals surface area contributed by atoms with Gasteiger partial charge in [0.15, 0.2) is 5.16 Å². The number of aromatic nitrogens is 4. The van der Waals surface area contributed by atoms with Crippen LogP contribution < -0.4 is 0 Å². The van der Waals surface area contributed by atoms with Crippen molar-refractivity contribution in [1.82, 2.24) is 19.3 Å². The lowest BCUT2D eigenvalue weighted by molar-refractivity contribution is 0.681. The van der Waals surface area contributed by atoms with Crippen LogP contribution in [0.5, 0.6) is 0 Å². The van der Waals surface area contributed by atoms with E-state index in [4.69, 9.17) is 0 Å². The first-order valence-electron chi connectivity index (χ1n) is 6.59. The lowest BCUT2D eigenvalue weighted by Crippen LogP contribution is -1.94. The second kappa shape index (κ2) is 5.96. The van der Waals surface area contributed by atoms with Gasteiger partial charge in [0, 0.05) is 36.5 Å². The quantitative estimate of drug-likeness (QED) is 0.674. The predicted molar refractivity (Wildman–Crippen MR) is 81.0 cm³/mol. The minimum Gasteiger partial charge on any atom is -0.326 e. The van der Waals surface area contributed by atoms with Crippen molar-refractivity contribution in [1.29, 1.82) is 0 Å². The van der Waals surface area contributed by atoms with Crippen LogP contribution in [0.15, 0.2) is 60.3 Å². The molecule has 0 aliphatic rings. The largest absolute Gasteiger partial charge is 0.326 e. The molecule has 0 amide bonds. The SMILES string of the molecule is CCn1ccnc1SCc1cnn(-c2ccccc2)c1. The summed E-state index contributed by atoms with van der Waals surface area (Å²) in [6, 6.07) is 10.1. The molecular formula is C15H16N4S. The number of para-hydroxylation sites is 1. The smallest absolute Gasteiger partial charge is 0.168 e. The molecule has 0 unspecified atom stereocenters. The van der Waals surface area contributed by atoms with Gasteiger partial charge in [-0.2, -0.15) is 5.10 Å². The molecule has 0 atom stereocenters. The van der Waals surface area contributed by atoms with E-state index in [0.29, 0.717) is 0 Å². The van der Waals surface area contributed by atoms with Crippen molar-refractivity contribution in [3.63, 3.8) is 0 Å². The topological polar surface area (TPSA) is 35.6 Å². The van der Waals surface area contributed by atoms with Crippen LogP contribution in [0.4, 0.5) is 0 Å². The number of rotatable bonds is 5. The van der Waals surface area contributed by atoms with E-state index in [1.54, 1.807) is 11.8 Å². The zero-order chi connectivity index (χ0) is 13.8. The van der Waals surface area contributed by atoms with E-state index in [0.717, 1.165) is 23.1 Å². The van der Waals surface area contributed by atoms with Gasteiger partial charge in [-0.1, -0.05) is 30.0 Å². The fourth-order valence-electron chi connectivity index (χ4n) is 1.98. The molecule has 4 nitrogen and oxygen atoms in total. The predicted octanol–water partition coefficient (Wildman–Crippen LogP) is 3.38. The Morgan fingerprint density at radius 1 is 1.20 bits per heavy atom. The van der Waals surface area contributed by atoms with E-state index in [9.17, 15) is 0 Å². The van der Waals surface area contributed by atoms with Gasteiger partial charge < -0.3 is 4.57 Å². The fraction of sp³-hybridized carbons (Fsp3) is 0.200. The summed E-state index contributed by atoms with van der Waals surface area (Å²) in [6.07, 6.45) is 7.84. The van der Waals surface area contributed by atoms with E-state index in [1.165, 1.54) is 5.56 Å². The van der Waals surface area contributed by atoms with Crippen molar-refractivity contribution in [2.24, 2.45) is 0 Å². The van der Waals surface area contributed by atoms with Crippen molar-refractivity contribution >= 4 is 11.8 Å². The molecule has 5 heteroatoms. The van der Waals surface area contributed by atoms with Gasteiger partial charge >= 0.3 is 0 Å². The molecule has 0 aliphatic carbocycles. The Hall–Kier alpha value is -2.01. The van der Waals surface area contributed by atoms with Crippen LogP contribution in [0.3, 0.4) is 0 Å². The first-order chi connectivity index (χ1) is 9.86. The van der Waals surface area contributed by atoms with Crippen LogP contribution >= 0.6 is 11.8 Å². The molecule has 0 fully saturated rings. The maximum atomic E-state index is 4.41. The molecule has 20 heavy (non-hydrogen) atoms. The molecule has 3 rings (SSSR count). The summed E-state index contributed by atoms with van der Waals surface area (Å²) in [7, 11) is 0. The molecule has 102 valence electrons. The maximum absolute atomic E-state index is 4.41. The highest BCUT2D eigenvalue weighted by atomic mass is 32.2. The fourth-order valence-corrected chi connectivity index (χ4v) is 2.92. The first kappa shape index (κ1) is 13.0. The molecule has 0 bridgehead atoms. The van der Waals surface area contributed by atoms with E-state index in [-0.39, 0.29) is 0 Å². The normalized spacial score (nSPS) is 10.8. The molecular weight excluding hydrogens is 268 g/mol. The highest BCUT2D eigenvalue weighted by Crippen LogP contribution is 2.21. The summed E-state index contributed by atoms with van der Waals surface area (Å²) in [5, 5.41) is 5.46.